The highest BCUT2D eigenvalue weighted by atomic mass is 127. The van der Waals surface area contributed by atoms with Gasteiger partial charge in [-0.2, -0.15) is 0 Å². The Morgan fingerprint density at radius 1 is 1.36 bits per heavy atom. The van der Waals surface area contributed by atoms with Crippen LogP contribution in [0.25, 0.3) is 0 Å². The molecule has 0 unspecified atom stereocenters. The summed E-state index contributed by atoms with van der Waals surface area (Å²) in [5.41, 5.74) is 0.772. The van der Waals surface area contributed by atoms with E-state index in [9.17, 15) is 19.5 Å². The van der Waals surface area contributed by atoms with Gasteiger partial charge in [-0.3, -0.25) is 14.5 Å². The molecule has 1 aromatic carbocycles. The van der Waals surface area contributed by atoms with Crippen LogP contribution in [0.5, 0.6) is 5.75 Å². The van der Waals surface area contributed by atoms with Gasteiger partial charge in [-0.15, -0.1) is 11.8 Å². The Labute approximate surface area is 161 Å². The first-order chi connectivity index (χ1) is 12.0. The third-order valence-corrected chi connectivity index (χ3v) is 6.10. The molecule has 132 valence electrons. The molecule has 0 spiro atoms. The molecular weight excluding hydrogens is 459 g/mol. The number of rotatable bonds is 6. The maximum absolute atomic E-state index is 12.3. The van der Waals surface area contributed by atoms with Crippen LogP contribution >= 0.6 is 34.4 Å². The number of nitrogens with one attached hydrogen (secondary N) is 1. The molecule has 3 rings (SSSR count). The van der Waals surface area contributed by atoms with Crippen LogP contribution in [0.15, 0.2) is 41.6 Å². The maximum atomic E-state index is 12.3. The van der Waals surface area contributed by atoms with Gasteiger partial charge < -0.3 is 15.2 Å². The molecule has 1 saturated heterocycles. The fourth-order valence-corrected chi connectivity index (χ4v) is 5.01. The molecule has 25 heavy (non-hydrogen) atoms. The number of thioether (sulfide) groups is 1. The number of ether oxygens (including phenoxy) is 1. The average molecular weight is 474 g/mol. The zero-order valence-corrected chi connectivity index (χ0v) is 16.0. The van der Waals surface area contributed by atoms with E-state index in [-0.39, 0.29) is 17.7 Å². The van der Waals surface area contributed by atoms with E-state index in [0.29, 0.717) is 15.9 Å². The minimum Gasteiger partial charge on any atom is -0.484 e. The van der Waals surface area contributed by atoms with E-state index in [1.807, 2.05) is 6.07 Å². The Balaban J connectivity index is 1.61. The van der Waals surface area contributed by atoms with Crippen molar-refractivity contribution in [3.05, 3.63) is 41.6 Å². The SMILES string of the molecule is O=C(COc1ccccc1)N[C@@H]1C(=O)N2C(C(=O)O)=C(CI)CS[C@H]12. The maximum Gasteiger partial charge on any atom is 0.352 e. The fourth-order valence-electron chi connectivity index (χ4n) is 2.67. The van der Waals surface area contributed by atoms with Crippen molar-refractivity contribution in [3.63, 3.8) is 0 Å². The Bertz CT molecular complexity index is 739. The topological polar surface area (TPSA) is 95.9 Å². The van der Waals surface area contributed by atoms with Gasteiger partial charge in [0.1, 0.15) is 22.9 Å². The fraction of sp³-hybridized carbons (Fsp3) is 0.312. The van der Waals surface area contributed by atoms with Crippen molar-refractivity contribution in [2.24, 2.45) is 0 Å². The van der Waals surface area contributed by atoms with Gasteiger partial charge in [0.2, 0.25) is 0 Å². The van der Waals surface area contributed by atoms with Crippen molar-refractivity contribution in [2.75, 3.05) is 16.8 Å². The van der Waals surface area contributed by atoms with Gasteiger partial charge in [-0.1, -0.05) is 40.8 Å². The van der Waals surface area contributed by atoms with Crippen molar-refractivity contribution in [3.8, 4) is 5.75 Å². The van der Waals surface area contributed by atoms with Crippen LogP contribution in [0.4, 0.5) is 0 Å². The number of carbonyl (C=O) groups is 3. The average Bonchev–Trinajstić information content (AvgIpc) is 2.63. The minimum absolute atomic E-state index is 0.0502. The predicted octanol–water partition coefficient (Wildman–Crippen LogP) is 1.24. The summed E-state index contributed by atoms with van der Waals surface area (Å²) in [5.74, 6) is -0.823. The lowest BCUT2D eigenvalue weighted by Crippen LogP contribution is -2.70. The van der Waals surface area contributed by atoms with Gasteiger partial charge in [-0.05, 0) is 17.7 Å². The van der Waals surface area contributed by atoms with Gasteiger partial charge in [0.25, 0.3) is 11.8 Å². The summed E-state index contributed by atoms with van der Waals surface area (Å²) in [4.78, 5) is 37.1. The largest absolute Gasteiger partial charge is 0.484 e. The second kappa shape index (κ2) is 7.65. The van der Waals surface area contributed by atoms with Crippen LogP contribution < -0.4 is 10.1 Å². The molecule has 1 fully saturated rings. The third-order valence-electron chi connectivity index (χ3n) is 3.84. The number of aliphatic carboxylic acids is 1. The summed E-state index contributed by atoms with van der Waals surface area (Å²) in [5, 5.41) is 11.6. The number of fused-ring (bicyclic) bond motifs is 1. The molecule has 2 heterocycles. The molecule has 2 aliphatic rings. The van der Waals surface area contributed by atoms with Crippen LogP contribution in [0.1, 0.15) is 0 Å². The molecule has 0 radical (unpaired) electrons. The van der Waals surface area contributed by atoms with Crippen LogP contribution in [0, 0.1) is 0 Å². The number of hydrogen-bond donors (Lipinski definition) is 2. The zero-order valence-electron chi connectivity index (χ0n) is 13.0. The predicted molar refractivity (Wildman–Crippen MR) is 101 cm³/mol. The van der Waals surface area contributed by atoms with E-state index < -0.39 is 23.8 Å². The number of halogens is 1. The van der Waals surface area contributed by atoms with E-state index in [1.165, 1.54) is 16.7 Å². The Morgan fingerprint density at radius 2 is 2.08 bits per heavy atom. The van der Waals surface area contributed by atoms with E-state index >= 15 is 0 Å². The van der Waals surface area contributed by atoms with Crippen molar-refractivity contribution in [1.82, 2.24) is 10.2 Å². The zero-order chi connectivity index (χ0) is 18.0. The molecule has 7 nitrogen and oxygen atoms in total. The first-order valence-corrected chi connectivity index (χ1v) is 10.0. The van der Waals surface area contributed by atoms with Crippen LogP contribution in [0.3, 0.4) is 0 Å². The highest BCUT2D eigenvalue weighted by molar-refractivity contribution is 14.1. The quantitative estimate of drug-likeness (QED) is 0.366. The molecule has 2 atom stereocenters. The molecular formula is C16H15IN2O5S. The first kappa shape index (κ1) is 18.1. The smallest absolute Gasteiger partial charge is 0.352 e. The van der Waals surface area contributed by atoms with E-state index in [0.717, 1.165) is 5.57 Å². The van der Waals surface area contributed by atoms with Crippen molar-refractivity contribution >= 4 is 52.1 Å². The molecule has 1 aromatic rings. The summed E-state index contributed by atoms with van der Waals surface area (Å²) in [6.45, 7) is -0.203. The molecule has 0 aromatic heterocycles. The third kappa shape index (κ3) is 3.61. The molecule has 2 N–H and O–H groups in total. The van der Waals surface area contributed by atoms with Crippen molar-refractivity contribution in [2.45, 2.75) is 11.4 Å². The lowest BCUT2D eigenvalue weighted by molar-refractivity contribution is -0.150. The number of amides is 2. The molecule has 0 saturated carbocycles. The monoisotopic (exact) mass is 474 g/mol. The number of carboxylic acid groups (broad SMARTS) is 1. The molecule has 0 aliphatic carbocycles. The number of benzene rings is 1. The van der Waals surface area contributed by atoms with E-state index in [2.05, 4.69) is 27.9 Å². The van der Waals surface area contributed by atoms with Gasteiger partial charge in [-0.25, -0.2) is 4.79 Å². The standard InChI is InChI=1S/C16H15IN2O5S/c17-6-9-8-25-15-12(14(21)19(15)13(9)16(22)23)18-11(20)7-24-10-4-2-1-3-5-10/h1-5,12,15H,6-8H2,(H,18,20)(H,22,23)/t12-,15-/m1/s1. The lowest BCUT2D eigenvalue weighted by Gasteiger charge is -2.49. The summed E-state index contributed by atoms with van der Waals surface area (Å²) in [6.07, 6.45) is 0. The number of nitrogens with zero attached hydrogens (tertiary/aromatic N) is 1. The molecule has 2 amide bonds. The molecule has 2 aliphatic heterocycles. The van der Waals surface area contributed by atoms with Crippen molar-refractivity contribution in [1.29, 1.82) is 0 Å². The number of alkyl halides is 1. The number of carboxylic acids is 1. The van der Waals surface area contributed by atoms with Gasteiger partial charge in [0.05, 0.1) is 0 Å². The van der Waals surface area contributed by atoms with Crippen LogP contribution in [-0.4, -0.2) is 56.0 Å². The van der Waals surface area contributed by atoms with Gasteiger partial charge in [0, 0.05) is 10.2 Å². The highest BCUT2D eigenvalue weighted by Crippen LogP contribution is 2.40. The van der Waals surface area contributed by atoms with E-state index in [1.54, 1.807) is 24.3 Å². The number of β-lactam (4-membered cyclic amide) rings is 1. The molecule has 0 bridgehead atoms. The Kier molecular flexibility index (Phi) is 5.52. The normalized spacial score (nSPS) is 22.1. The number of hydrogen-bond acceptors (Lipinski definition) is 5. The minimum atomic E-state index is -1.11. The van der Waals surface area contributed by atoms with E-state index in [4.69, 9.17) is 4.74 Å². The second-order valence-electron chi connectivity index (χ2n) is 5.45. The summed E-state index contributed by atoms with van der Waals surface area (Å²) in [7, 11) is 0. The lowest BCUT2D eigenvalue weighted by atomic mass is 10.0. The number of carbonyl (C=O) groups excluding carboxylic acids is 2. The van der Waals surface area contributed by atoms with Crippen LogP contribution in [0.2, 0.25) is 0 Å². The number of para-hydroxylation sites is 1. The summed E-state index contributed by atoms with van der Waals surface area (Å²) < 4.78 is 5.90. The van der Waals surface area contributed by atoms with Gasteiger partial charge in [0.15, 0.2) is 6.61 Å². The van der Waals surface area contributed by atoms with Gasteiger partial charge >= 0.3 is 5.97 Å². The summed E-state index contributed by atoms with van der Waals surface area (Å²) in [6, 6.07) is 8.17. The van der Waals surface area contributed by atoms with Crippen LogP contribution in [-0.2, 0) is 14.4 Å². The highest BCUT2D eigenvalue weighted by Gasteiger charge is 2.54. The van der Waals surface area contributed by atoms with Crippen molar-refractivity contribution < 1.29 is 24.2 Å². The first-order valence-electron chi connectivity index (χ1n) is 7.46. The Morgan fingerprint density at radius 3 is 2.72 bits per heavy atom. The molecule has 9 heteroatoms. The Hall–Kier alpha value is -1.75. The summed E-state index contributed by atoms with van der Waals surface area (Å²) >= 11 is 3.55. The second-order valence-corrected chi connectivity index (χ2v) is 7.32.